The first-order valence-corrected chi connectivity index (χ1v) is 10.6. The number of piperazine rings is 1. The van der Waals surface area contributed by atoms with Crippen molar-refractivity contribution in [1.82, 2.24) is 10.2 Å². The summed E-state index contributed by atoms with van der Waals surface area (Å²) >= 11 is 1.16. The van der Waals surface area contributed by atoms with Gasteiger partial charge in [-0.15, -0.1) is 11.8 Å². The minimum Gasteiger partial charge on any atom is -0.475 e. The Balaban J connectivity index is 0.000000383. The van der Waals surface area contributed by atoms with Crippen molar-refractivity contribution in [3.05, 3.63) is 45.9 Å². The first-order chi connectivity index (χ1) is 15.4. The Morgan fingerprint density at radius 2 is 1.73 bits per heavy atom. The zero-order valence-corrected chi connectivity index (χ0v) is 17.7. The van der Waals surface area contributed by atoms with E-state index in [4.69, 9.17) is 15.6 Å². The molecule has 1 aromatic rings. The molecule has 4 N–H and O–H groups in total. The first kappa shape index (κ1) is 24.5. The number of alkyl halides is 3. The Bertz CT molecular complexity index is 1090. The predicted octanol–water partition coefficient (Wildman–Crippen LogP) is 0.746. The van der Waals surface area contributed by atoms with Crippen LogP contribution in [-0.2, 0) is 14.4 Å². The van der Waals surface area contributed by atoms with Gasteiger partial charge in [0.15, 0.2) is 11.3 Å². The zero-order valence-electron chi connectivity index (χ0n) is 16.9. The predicted molar refractivity (Wildman–Crippen MR) is 109 cm³/mol. The highest BCUT2D eigenvalue weighted by molar-refractivity contribution is 8.04. The van der Waals surface area contributed by atoms with Crippen molar-refractivity contribution < 1.29 is 42.3 Å². The molecule has 0 saturated carbocycles. The summed E-state index contributed by atoms with van der Waals surface area (Å²) in [6.07, 6.45) is -4.52. The van der Waals surface area contributed by atoms with Crippen LogP contribution in [0.4, 0.5) is 13.2 Å². The van der Waals surface area contributed by atoms with Crippen molar-refractivity contribution in [3.8, 4) is 0 Å². The van der Waals surface area contributed by atoms with Gasteiger partial charge >= 0.3 is 12.1 Å². The lowest BCUT2D eigenvalue weighted by atomic mass is 9.78. The number of nitrogens with zero attached hydrogens (tertiary/aromatic N) is 1. The van der Waals surface area contributed by atoms with E-state index in [9.17, 15) is 32.3 Å². The minimum atomic E-state index is -5.08. The second-order valence-corrected chi connectivity index (χ2v) is 8.31. The van der Waals surface area contributed by atoms with Crippen LogP contribution in [0, 0.1) is 0 Å². The number of hydrogen-bond acceptors (Lipinski definition) is 7. The number of Topliss-reactive ketones (excluding diaryl/α,β-unsaturated/α-hetero) is 2. The molecule has 1 fully saturated rings. The molecule has 1 atom stereocenters. The molecule has 176 valence electrons. The molecule has 0 bridgehead atoms. The fourth-order valence-corrected chi connectivity index (χ4v) is 5.06. The van der Waals surface area contributed by atoms with Gasteiger partial charge < -0.3 is 21.1 Å². The number of carboxylic acid groups (broad SMARTS) is 1. The molecule has 1 aromatic carbocycles. The number of thioether (sulfide) groups is 1. The quantitative estimate of drug-likeness (QED) is 0.568. The summed E-state index contributed by atoms with van der Waals surface area (Å²) in [5.74, 6) is -3.92. The molecule has 1 aliphatic carbocycles. The van der Waals surface area contributed by atoms with Crippen molar-refractivity contribution in [2.24, 2.45) is 5.73 Å². The van der Waals surface area contributed by atoms with E-state index in [1.54, 1.807) is 24.3 Å². The number of benzene rings is 1. The second-order valence-electron chi connectivity index (χ2n) is 7.32. The van der Waals surface area contributed by atoms with Crippen molar-refractivity contribution in [2.75, 3.05) is 25.4 Å². The van der Waals surface area contributed by atoms with E-state index in [1.807, 2.05) is 0 Å². The summed E-state index contributed by atoms with van der Waals surface area (Å²) in [5, 5.41) is 9.84. The Labute approximate surface area is 189 Å². The Kier molecular flexibility index (Phi) is 6.65. The van der Waals surface area contributed by atoms with E-state index >= 15 is 0 Å². The highest BCUT2D eigenvalue weighted by Gasteiger charge is 2.58. The van der Waals surface area contributed by atoms with E-state index < -0.39 is 17.7 Å². The van der Waals surface area contributed by atoms with Gasteiger partial charge in [-0.25, -0.2) is 4.79 Å². The van der Waals surface area contributed by atoms with Gasteiger partial charge in [-0.05, 0) is 13.0 Å². The number of aliphatic carboxylic acids is 1. The van der Waals surface area contributed by atoms with Gasteiger partial charge in [-0.1, -0.05) is 24.3 Å². The van der Waals surface area contributed by atoms with Gasteiger partial charge in [0.25, 0.3) is 5.91 Å². The summed E-state index contributed by atoms with van der Waals surface area (Å²) in [4.78, 5) is 62.0. The summed E-state index contributed by atoms with van der Waals surface area (Å²) < 4.78 is 31.7. The molecule has 13 heteroatoms. The number of allylic oxidation sites excluding steroid dienone is 1. The van der Waals surface area contributed by atoms with E-state index in [0.29, 0.717) is 25.1 Å². The Hall–Kier alpha value is -3.19. The van der Waals surface area contributed by atoms with Crippen molar-refractivity contribution in [2.45, 2.75) is 18.1 Å². The van der Waals surface area contributed by atoms with Crippen LogP contribution < -0.4 is 11.1 Å². The Morgan fingerprint density at radius 3 is 2.27 bits per heavy atom. The number of carboxylic acids is 1. The molecule has 4 rings (SSSR count). The maximum atomic E-state index is 13.2. The average molecular weight is 485 g/mol. The molecule has 3 aliphatic rings. The number of ketones is 2. The monoisotopic (exact) mass is 485 g/mol. The highest BCUT2D eigenvalue weighted by atomic mass is 32.2. The number of nitrogens with two attached hydrogens (primary N) is 1. The molecule has 0 radical (unpaired) electrons. The lowest BCUT2D eigenvalue weighted by molar-refractivity contribution is -0.192. The first-order valence-electron chi connectivity index (χ1n) is 9.60. The van der Waals surface area contributed by atoms with Crippen LogP contribution in [0.1, 0.15) is 27.1 Å². The second kappa shape index (κ2) is 8.98. The van der Waals surface area contributed by atoms with Gasteiger partial charge in [0, 0.05) is 23.4 Å². The smallest absolute Gasteiger partial charge is 0.475 e. The topological polar surface area (TPSA) is 147 Å². The van der Waals surface area contributed by atoms with Crippen molar-refractivity contribution in [1.29, 1.82) is 0 Å². The molecule has 2 aliphatic heterocycles. The van der Waals surface area contributed by atoms with Crippen LogP contribution in [0.3, 0.4) is 0 Å². The Morgan fingerprint density at radius 1 is 1.15 bits per heavy atom. The minimum absolute atomic E-state index is 0.0629. The lowest BCUT2D eigenvalue weighted by Crippen LogP contribution is -2.69. The van der Waals surface area contributed by atoms with E-state index in [0.717, 1.165) is 11.8 Å². The van der Waals surface area contributed by atoms with E-state index in [1.165, 1.54) is 4.90 Å². The van der Waals surface area contributed by atoms with Gasteiger partial charge in [-0.2, -0.15) is 13.2 Å². The van der Waals surface area contributed by atoms with Gasteiger partial charge in [0.1, 0.15) is 0 Å². The van der Waals surface area contributed by atoms with Gasteiger partial charge in [0.2, 0.25) is 11.7 Å². The number of nitrogens with one attached hydrogen (secondary N) is 1. The summed E-state index contributed by atoms with van der Waals surface area (Å²) in [5.41, 5.74) is 4.78. The van der Waals surface area contributed by atoms with E-state index in [-0.39, 0.29) is 51.7 Å². The molecule has 1 saturated heterocycles. The summed E-state index contributed by atoms with van der Waals surface area (Å²) in [6, 6.07) is 6.57. The zero-order chi connectivity index (χ0) is 24.6. The third-order valence-corrected chi connectivity index (χ3v) is 6.41. The fourth-order valence-electron chi connectivity index (χ4n) is 3.71. The van der Waals surface area contributed by atoms with Gasteiger partial charge in [-0.3, -0.25) is 19.2 Å². The largest absolute Gasteiger partial charge is 0.490 e. The highest BCUT2D eigenvalue weighted by Crippen LogP contribution is 2.46. The van der Waals surface area contributed by atoms with E-state index in [2.05, 4.69) is 5.32 Å². The molecular formula is C20H18F3N3O6S. The van der Waals surface area contributed by atoms with Crippen molar-refractivity contribution >= 4 is 41.1 Å². The lowest BCUT2D eigenvalue weighted by Gasteiger charge is -2.41. The maximum Gasteiger partial charge on any atom is 0.490 e. The number of carbonyl (C=O) groups excluding carboxylic acids is 4. The van der Waals surface area contributed by atoms with Crippen LogP contribution in [0.25, 0.3) is 0 Å². The SMILES string of the molecule is NCCCN1CC(=O)NC2(CSC3=C2C(=O)c2ccccc2C3=O)C1=O.O=C(O)C(F)(F)F. The fraction of sp³-hybridized carbons (Fsp3) is 0.350. The van der Waals surface area contributed by atoms with Crippen LogP contribution in [0.5, 0.6) is 0 Å². The standard InChI is InChI=1S/C18H17N3O4S.C2HF3O2/c19-6-3-7-21-8-12(22)20-18(17(21)25)9-26-16-13(18)14(23)10-4-1-2-5-11(10)15(16)24;3-2(4,5)1(6)7/h1-2,4-5H,3,6-9,19H2,(H,20,22);(H,6,7). The van der Waals surface area contributed by atoms with Crippen LogP contribution in [0.15, 0.2) is 34.7 Å². The number of rotatable bonds is 3. The molecule has 1 spiro atoms. The molecule has 2 heterocycles. The summed E-state index contributed by atoms with van der Waals surface area (Å²) in [7, 11) is 0. The van der Waals surface area contributed by atoms with Crippen LogP contribution in [-0.4, -0.2) is 76.5 Å². The number of amides is 2. The molecule has 9 nitrogen and oxygen atoms in total. The van der Waals surface area contributed by atoms with Crippen LogP contribution >= 0.6 is 11.8 Å². The molecule has 33 heavy (non-hydrogen) atoms. The number of halogens is 3. The molecule has 0 aromatic heterocycles. The third kappa shape index (κ3) is 4.37. The third-order valence-electron chi connectivity index (χ3n) is 5.15. The number of carbonyl (C=O) groups is 5. The number of fused-ring (bicyclic) bond motifs is 2. The number of hydrogen-bond donors (Lipinski definition) is 3. The molecular weight excluding hydrogens is 467 g/mol. The average Bonchev–Trinajstić information content (AvgIpc) is 3.13. The van der Waals surface area contributed by atoms with Crippen LogP contribution in [0.2, 0.25) is 0 Å². The molecule has 1 unspecified atom stereocenters. The normalized spacial score (nSPS) is 22.0. The molecule has 2 amide bonds. The summed E-state index contributed by atoms with van der Waals surface area (Å²) in [6.45, 7) is 0.676. The maximum absolute atomic E-state index is 13.2. The van der Waals surface area contributed by atoms with Crippen molar-refractivity contribution in [3.63, 3.8) is 0 Å². The van der Waals surface area contributed by atoms with Gasteiger partial charge in [0.05, 0.1) is 17.0 Å².